The Morgan fingerprint density at radius 3 is 2.45 bits per heavy atom. The molecule has 3 nitrogen and oxygen atoms in total. The zero-order valence-corrected chi connectivity index (χ0v) is 13.0. The molecule has 0 aliphatic rings. The van der Waals surface area contributed by atoms with Gasteiger partial charge in [0.2, 0.25) is 0 Å². The van der Waals surface area contributed by atoms with Crippen LogP contribution in [0.1, 0.15) is 17.2 Å². The number of fused-ring (bicyclic) bond motifs is 1. The molecule has 2 aromatic carbocycles. The number of rotatable bonds is 5. The van der Waals surface area contributed by atoms with Gasteiger partial charge >= 0.3 is 0 Å². The summed E-state index contributed by atoms with van der Waals surface area (Å²) in [5, 5.41) is 15.0. The summed E-state index contributed by atoms with van der Waals surface area (Å²) in [6, 6.07) is 18.4. The second-order valence-corrected chi connectivity index (χ2v) is 5.72. The van der Waals surface area contributed by atoms with Gasteiger partial charge in [-0.25, -0.2) is 0 Å². The van der Waals surface area contributed by atoms with Crippen LogP contribution in [-0.4, -0.2) is 29.4 Å². The molecule has 0 saturated heterocycles. The monoisotopic (exact) mass is 294 g/mol. The van der Waals surface area contributed by atoms with E-state index in [0.717, 1.165) is 11.1 Å². The molecule has 0 radical (unpaired) electrons. The van der Waals surface area contributed by atoms with Crippen molar-refractivity contribution < 1.29 is 5.11 Å². The molecule has 2 N–H and O–H groups in total. The molecule has 3 rings (SSSR count). The molecule has 114 valence electrons. The lowest BCUT2D eigenvalue weighted by molar-refractivity contribution is 0.132. The van der Waals surface area contributed by atoms with Gasteiger partial charge in [0.1, 0.15) is 0 Å². The lowest BCUT2D eigenvalue weighted by Gasteiger charge is -2.26. The summed E-state index contributed by atoms with van der Waals surface area (Å²) in [7, 11) is 1.87. The molecule has 1 heterocycles. The number of likely N-dealkylation sites (N-methyl/N-ethyl adjacent to an activating group) is 1. The van der Waals surface area contributed by atoms with Gasteiger partial charge in [0.05, 0.1) is 12.1 Å². The van der Waals surface area contributed by atoms with Crippen molar-refractivity contribution in [3.05, 3.63) is 71.9 Å². The molecular weight excluding hydrogens is 272 g/mol. The number of aliphatic hydroxyl groups excluding tert-OH is 1. The zero-order valence-electron chi connectivity index (χ0n) is 13.0. The van der Waals surface area contributed by atoms with Crippen LogP contribution >= 0.6 is 0 Å². The fraction of sp³-hybridized carbons (Fsp3) is 0.263. The third kappa shape index (κ3) is 2.65. The number of hydrogen-bond acceptors (Lipinski definition) is 2. The molecule has 3 heteroatoms. The zero-order chi connectivity index (χ0) is 15.5. The van der Waals surface area contributed by atoms with Gasteiger partial charge < -0.3 is 15.0 Å². The van der Waals surface area contributed by atoms with E-state index in [4.69, 9.17) is 0 Å². The SMILES string of the molecule is CNC[C@@H](O)[C@H](c1ccccc1)n1cc(C)c2ccccc21. The first-order valence-corrected chi connectivity index (χ1v) is 7.66. The van der Waals surface area contributed by atoms with Gasteiger partial charge in [-0.2, -0.15) is 0 Å². The van der Waals surface area contributed by atoms with Crippen molar-refractivity contribution in [2.75, 3.05) is 13.6 Å². The van der Waals surface area contributed by atoms with Crippen molar-refractivity contribution >= 4 is 10.9 Å². The van der Waals surface area contributed by atoms with Crippen LogP contribution in [0.15, 0.2) is 60.8 Å². The lowest BCUT2D eigenvalue weighted by Crippen LogP contribution is -2.33. The van der Waals surface area contributed by atoms with E-state index in [1.807, 2.05) is 31.3 Å². The average molecular weight is 294 g/mol. The first kappa shape index (κ1) is 14.8. The summed E-state index contributed by atoms with van der Waals surface area (Å²) in [5.41, 5.74) is 3.50. The third-order valence-corrected chi connectivity index (χ3v) is 4.16. The van der Waals surface area contributed by atoms with E-state index < -0.39 is 6.10 Å². The van der Waals surface area contributed by atoms with Crippen LogP contribution in [0.4, 0.5) is 0 Å². The fourth-order valence-electron chi connectivity index (χ4n) is 3.15. The van der Waals surface area contributed by atoms with Gasteiger partial charge in [0.25, 0.3) is 0 Å². The summed E-state index contributed by atoms with van der Waals surface area (Å²) in [5.74, 6) is 0. The standard InChI is InChI=1S/C19H22N2O/c1-14-13-21(17-11-7-6-10-16(14)17)19(18(22)12-20-2)15-8-4-3-5-9-15/h3-11,13,18-20,22H,12H2,1-2H3/t18-,19+/m1/s1. The van der Waals surface area contributed by atoms with E-state index in [9.17, 15) is 5.11 Å². The van der Waals surface area contributed by atoms with Crippen LogP contribution in [0.3, 0.4) is 0 Å². The van der Waals surface area contributed by atoms with Gasteiger partial charge in [-0.05, 0) is 31.2 Å². The smallest absolute Gasteiger partial charge is 0.0912 e. The van der Waals surface area contributed by atoms with E-state index in [0.29, 0.717) is 6.54 Å². The Hall–Kier alpha value is -2.10. The van der Waals surface area contributed by atoms with E-state index in [-0.39, 0.29) is 6.04 Å². The van der Waals surface area contributed by atoms with E-state index in [2.05, 4.69) is 53.3 Å². The maximum atomic E-state index is 10.7. The molecule has 0 spiro atoms. The molecule has 0 amide bonds. The second-order valence-electron chi connectivity index (χ2n) is 5.72. The van der Waals surface area contributed by atoms with Crippen LogP contribution in [0.2, 0.25) is 0 Å². The maximum Gasteiger partial charge on any atom is 0.0912 e. The highest BCUT2D eigenvalue weighted by Gasteiger charge is 2.24. The average Bonchev–Trinajstić information content (AvgIpc) is 2.86. The molecule has 0 aliphatic heterocycles. The molecule has 2 atom stereocenters. The van der Waals surface area contributed by atoms with Crippen molar-refractivity contribution in [1.82, 2.24) is 9.88 Å². The molecule has 0 fully saturated rings. The minimum absolute atomic E-state index is 0.104. The highest BCUT2D eigenvalue weighted by molar-refractivity contribution is 5.84. The van der Waals surface area contributed by atoms with Crippen LogP contribution in [0.25, 0.3) is 10.9 Å². The lowest BCUT2D eigenvalue weighted by atomic mass is 10.0. The molecule has 0 saturated carbocycles. The summed E-state index contributed by atoms with van der Waals surface area (Å²) in [4.78, 5) is 0. The summed E-state index contributed by atoms with van der Waals surface area (Å²) < 4.78 is 2.20. The first-order valence-electron chi connectivity index (χ1n) is 7.66. The number of para-hydroxylation sites is 1. The first-order chi connectivity index (χ1) is 10.7. The predicted molar refractivity (Wildman–Crippen MR) is 91.2 cm³/mol. The Labute approximate surface area is 131 Å². The quantitative estimate of drug-likeness (QED) is 0.758. The predicted octanol–water partition coefficient (Wildman–Crippen LogP) is 3.12. The van der Waals surface area contributed by atoms with E-state index in [1.54, 1.807) is 0 Å². The van der Waals surface area contributed by atoms with E-state index in [1.165, 1.54) is 10.9 Å². The molecule has 0 aliphatic carbocycles. The number of hydrogen-bond donors (Lipinski definition) is 2. The van der Waals surface area contributed by atoms with Crippen LogP contribution in [-0.2, 0) is 0 Å². The number of aliphatic hydroxyl groups is 1. The highest BCUT2D eigenvalue weighted by atomic mass is 16.3. The molecule has 1 aromatic heterocycles. The van der Waals surface area contributed by atoms with Gasteiger partial charge in [-0.15, -0.1) is 0 Å². The molecule has 22 heavy (non-hydrogen) atoms. The summed E-state index contributed by atoms with van der Waals surface area (Å²) >= 11 is 0. The van der Waals surface area contributed by atoms with E-state index >= 15 is 0 Å². The van der Waals surface area contributed by atoms with Gasteiger partial charge in [0, 0.05) is 23.6 Å². The number of aryl methyl sites for hydroxylation is 1. The number of benzene rings is 2. The number of nitrogens with one attached hydrogen (secondary N) is 1. The molecule has 3 aromatic rings. The Morgan fingerprint density at radius 1 is 1.05 bits per heavy atom. The summed E-state index contributed by atoms with van der Waals surface area (Å²) in [6.07, 6.45) is 1.64. The van der Waals surface area contributed by atoms with Gasteiger partial charge in [-0.1, -0.05) is 48.5 Å². The second kappa shape index (κ2) is 6.34. The fourth-order valence-corrected chi connectivity index (χ4v) is 3.15. The topological polar surface area (TPSA) is 37.2 Å². The van der Waals surface area contributed by atoms with Crippen molar-refractivity contribution in [1.29, 1.82) is 0 Å². The minimum Gasteiger partial charge on any atom is -0.389 e. The Bertz CT molecular complexity index is 748. The van der Waals surface area contributed by atoms with Crippen molar-refractivity contribution in [3.8, 4) is 0 Å². The van der Waals surface area contributed by atoms with Gasteiger partial charge in [0.15, 0.2) is 0 Å². The molecular formula is C19H22N2O. The largest absolute Gasteiger partial charge is 0.389 e. The Balaban J connectivity index is 2.16. The van der Waals surface area contributed by atoms with Crippen LogP contribution < -0.4 is 5.32 Å². The normalized spacial score (nSPS) is 14.1. The van der Waals surface area contributed by atoms with Crippen LogP contribution in [0, 0.1) is 6.92 Å². The maximum absolute atomic E-state index is 10.7. The Kier molecular flexibility index (Phi) is 4.27. The summed E-state index contributed by atoms with van der Waals surface area (Å²) in [6.45, 7) is 2.66. The van der Waals surface area contributed by atoms with Crippen molar-refractivity contribution in [3.63, 3.8) is 0 Å². The van der Waals surface area contributed by atoms with Crippen LogP contribution in [0.5, 0.6) is 0 Å². The van der Waals surface area contributed by atoms with Gasteiger partial charge in [-0.3, -0.25) is 0 Å². The number of aromatic nitrogens is 1. The molecule has 0 unspecified atom stereocenters. The molecule has 0 bridgehead atoms. The van der Waals surface area contributed by atoms with Crippen molar-refractivity contribution in [2.45, 2.75) is 19.1 Å². The highest BCUT2D eigenvalue weighted by Crippen LogP contribution is 2.29. The minimum atomic E-state index is -0.498. The van der Waals surface area contributed by atoms with Crippen molar-refractivity contribution in [2.24, 2.45) is 0 Å². The number of nitrogens with zero attached hydrogens (tertiary/aromatic N) is 1. The Morgan fingerprint density at radius 2 is 1.73 bits per heavy atom. The third-order valence-electron chi connectivity index (χ3n) is 4.16.